The molecule has 0 aromatic heterocycles. The van der Waals surface area contributed by atoms with Crippen LogP contribution >= 0.6 is 11.6 Å². The third kappa shape index (κ3) is 4.08. The summed E-state index contributed by atoms with van der Waals surface area (Å²) in [5, 5.41) is 3.53. The first-order chi connectivity index (χ1) is 9.69. The van der Waals surface area contributed by atoms with Crippen molar-refractivity contribution in [3.8, 4) is 0 Å². The van der Waals surface area contributed by atoms with E-state index in [1.807, 2.05) is 30.3 Å². The topological polar surface area (TPSA) is 38.3 Å². The van der Waals surface area contributed by atoms with Crippen LogP contribution in [0.3, 0.4) is 0 Å². The Hall–Kier alpha value is -1.84. The third-order valence-corrected chi connectivity index (χ3v) is 3.10. The van der Waals surface area contributed by atoms with Crippen LogP contribution in [0.4, 0.5) is 0 Å². The lowest BCUT2D eigenvalue weighted by molar-refractivity contribution is 0.0951. The van der Waals surface area contributed by atoms with Gasteiger partial charge in [0.2, 0.25) is 0 Å². The predicted molar refractivity (Wildman–Crippen MR) is 79.8 cm³/mol. The normalized spacial score (nSPS) is 10.3. The molecule has 0 aliphatic rings. The second kappa shape index (κ2) is 7.08. The Balaban J connectivity index is 1.94. The molecule has 2 aromatic carbocycles. The Labute approximate surface area is 123 Å². The molecule has 0 heterocycles. The fourth-order valence-corrected chi connectivity index (χ4v) is 2.06. The zero-order valence-electron chi connectivity index (χ0n) is 11.2. The SMILES string of the molecule is COCc1ccc(C(=O)NCc2cccc(Cl)c2)cc1. The van der Waals surface area contributed by atoms with Gasteiger partial charge in [0.05, 0.1) is 6.61 Å². The maximum absolute atomic E-state index is 12.0. The van der Waals surface area contributed by atoms with Crippen molar-refractivity contribution >= 4 is 17.5 Å². The number of benzene rings is 2. The first kappa shape index (κ1) is 14.6. The van der Waals surface area contributed by atoms with Crippen molar-refractivity contribution in [3.05, 3.63) is 70.2 Å². The molecule has 3 nitrogen and oxygen atoms in total. The molecular formula is C16H16ClNO2. The molecule has 4 heteroatoms. The second-order valence-corrected chi connectivity index (χ2v) is 4.88. The summed E-state index contributed by atoms with van der Waals surface area (Å²) in [6.07, 6.45) is 0. The number of rotatable bonds is 5. The maximum atomic E-state index is 12.0. The number of nitrogens with one attached hydrogen (secondary N) is 1. The fourth-order valence-electron chi connectivity index (χ4n) is 1.85. The summed E-state index contributed by atoms with van der Waals surface area (Å²) in [6.45, 7) is 1.00. The monoisotopic (exact) mass is 289 g/mol. The quantitative estimate of drug-likeness (QED) is 0.916. The van der Waals surface area contributed by atoms with Crippen LogP contribution < -0.4 is 5.32 Å². The second-order valence-electron chi connectivity index (χ2n) is 4.44. The Morgan fingerprint density at radius 2 is 1.90 bits per heavy atom. The Bertz CT molecular complexity index is 581. The van der Waals surface area contributed by atoms with E-state index >= 15 is 0 Å². The van der Waals surface area contributed by atoms with E-state index in [4.69, 9.17) is 16.3 Å². The molecule has 0 fully saturated rings. The summed E-state index contributed by atoms with van der Waals surface area (Å²) >= 11 is 5.90. The third-order valence-electron chi connectivity index (χ3n) is 2.87. The number of ether oxygens (including phenoxy) is 1. The van der Waals surface area contributed by atoms with Crippen LogP contribution in [0.2, 0.25) is 5.02 Å². The van der Waals surface area contributed by atoms with Gasteiger partial charge < -0.3 is 10.1 Å². The first-order valence-electron chi connectivity index (χ1n) is 6.29. The lowest BCUT2D eigenvalue weighted by Gasteiger charge is -2.06. The van der Waals surface area contributed by atoms with E-state index in [0.717, 1.165) is 11.1 Å². The number of methoxy groups -OCH3 is 1. The summed E-state index contributed by atoms with van der Waals surface area (Å²) in [5.41, 5.74) is 2.65. The summed E-state index contributed by atoms with van der Waals surface area (Å²) in [7, 11) is 1.64. The van der Waals surface area contributed by atoms with Gasteiger partial charge in [0.25, 0.3) is 5.91 Å². The van der Waals surface area contributed by atoms with Crippen LogP contribution in [-0.2, 0) is 17.9 Å². The fraction of sp³-hybridized carbons (Fsp3) is 0.188. The van der Waals surface area contributed by atoms with Gasteiger partial charge in [-0.2, -0.15) is 0 Å². The van der Waals surface area contributed by atoms with Crippen molar-refractivity contribution in [2.75, 3.05) is 7.11 Å². The van der Waals surface area contributed by atoms with Gasteiger partial charge in [-0.1, -0.05) is 35.9 Å². The summed E-state index contributed by atoms with van der Waals surface area (Å²) < 4.78 is 5.03. The molecule has 1 N–H and O–H groups in total. The van der Waals surface area contributed by atoms with Crippen LogP contribution in [0.25, 0.3) is 0 Å². The number of carbonyl (C=O) groups is 1. The van der Waals surface area contributed by atoms with Crippen LogP contribution in [0.15, 0.2) is 48.5 Å². The van der Waals surface area contributed by atoms with Crippen LogP contribution in [0, 0.1) is 0 Å². The van der Waals surface area contributed by atoms with E-state index < -0.39 is 0 Å². The van der Waals surface area contributed by atoms with Crippen LogP contribution in [0.5, 0.6) is 0 Å². The minimum absolute atomic E-state index is 0.103. The minimum Gasteiger partial charge on any atom is -0.380 e. The molecule has 0 saturated heterocycles. The Morgan fingerprint density at radius 1 is 1.15 bits per heavy atom. The van der Waals surface area contributed by atoms with Crippen molar-refractivity contribution < 1.29 is 9.53 Å². The highest BCUT2D eigenvalue weighted by Gasteiger charge is 2.05. The van der Waals surface area contributed by atoms with Crippen molar-refractivity contribution in [2.24, 2.45) is 0 Å². The van der Waals surface area contributed by atoms with Crippen LogP contribution in [-0.4, -0.2) is 13.0 Å². The average molecular weight is 290 g/mol. The number of halogens is 1. The average Bonchev–Trinajstić information content (AvgIpc) is 2.46. The van der Waals surface area contributed by atoms with Crippen LogP contribution in [0.1, 0.15) is 21.5 Å². The molecule has 1 amide bonds. The zero-order valence-corrected chi connectivity index (χ0v) is 12.0. The lowest BCUT2D eigenvalue weighted by Crippen LogP contribution is -2.22. The van der Waals surface area contributed by atoms with Crippen molar-refractivity contribution in [1.82, 2.24) is 5.32 Å². The van der Waals surface area contributed by atoms with Gasteiger partial charge in [-0.3, -0.25) is 4.79 Å². The van der Waals surface area contributed by atoms with E-state index in [1.165, 1.54) is 0 Å². The molecule has 0 aliphatic carbocycles. The number of carbonyl (C=O) groups excluding carboxylic acids is 1. The Kier molecular flexibility index (Phi) is 5.16. The lowest BCUT2D eigenvalue weighted by atomic mass is 10.1. The number of amides is 1. The Morgan fingerprint density at radius 3 is 2.55 bits per heavy atom. The van der Waals surface area contributed by atoms with E-state index in [0.29, 0.717) is 23.7 Å². The molecule has 0 unspecified atom stereocenters. The molecule has 0 aliphatic heterocycles. The van der Waals surface area contributed by atoms with Gasteiger partial charge in [0.15, 0.2) is 0 Å². The molecule has 20 heavy (non-hydrogen) atoms. The van der Waals surface area contributed by atoms with Gasteiger partial charge in [0, 0.05) is 24.2 Å². The molecule has 0 bridgehead atoms. The van der Waals surface area contributed by atoms with Gasteiger partial charge in [-0.05, 0) is 35.4 Å². The zero-order chi connectivity index (χ0) is 14.4. The molecule has 104 valence electrons. The highest BCUT2D eigenvalue weighted by molar-refractivity contribution is 6.30. The smallest absolute Gasteiger partial charge is 0.251 e. The molecule has 0 saturated carbocycles. The summed E-state index contributed by atoms with van der Waals surface area (Å²) in [4.78, 5) is 12.0. The summed E-state index contributed by atoms with van der Waals surface area (Å²) in [5.74, 6) is -0.103. The van der Waals surface area contributed by atoms with Gasteiger partial charge in [-0.15, -0.1) is 0 Å². The highest BCUT2D eigenvalue weighted by Crippen LogP contribution is 2.11. The molecule has 0 atom stereocenters. The maximum Gasteiger partial charge on any atom is 0.251 e. The van der Waals surface area contributed by atoms with E-state index in [1.54, 1.807) is 25.3 Å². The molecule has 2 aromatic rings. The molecule has 0 radical (unpaired) electrons. The van der Waals surface area contributed by atoms with Crippen molar-refractivity contribution in [2.45, 2.75) is 13.2 Å². The first-order valence-corrected chi connectivity index (χ1v) is 6.67. The van der Waals surface area contributed by atoms with E-state index in [9.17, 15) is 4.79 Å². The largest absolute Gasteiger partial charge is 0.380 e. The van der Waals surface area contributed by atoms with Gasteiger partial charge in [-0.25, -0.2) is 0 Å². The van der Waals surface area contributed by atoms with Gasteiger partial charge in [0.1, 0.15) is 0 Å². The van der Waals surface area contributed by atoms with Crippen molar-refractivity contribution in [3.63, 3.8) is 0 Å². The standard InChI is InChI=1S/C16H16ClNO2/c1-20-11-12-5-7-14(8-6-12)16(19)18-10-13-3-2-4-15(17)9-13/h2-9H,10-11H2,1H3,(H,18,19). The molecule has 0 spiro atoms. The molecular weight excluding hydrogens is 274 g/mol. The van der Waals surface area contributed by atoms with Gasteiger partial charge >= 0.3 is 0 Å². The number of hydrogen-bond donors (Lipinski definition) is 1. The van der Waals surface area contributed by atoms with E-state index in [-0.39, 0.29) is 5.91 Å². The van der Waals surface area contributed by atoms with Crippen molar-refractivity contribution in [1.29, 1.82) is 0 Å². The highest BCUT2D eigenvalue weighted by atomic mass is 35.5. The summed E-state index contributed by atoms with van der Waals surface area (Å²) in [6, 6.07) is 14.8. The van der Waals surface area contributed by atoms with E-state index in [2.05, 4.69) is 5.32 Å². The molecule has 2 rings (SSSR count). The predicted octanol–water partition coefficient (Wildman–Crippen LogP) is 3.42. The minimum atomic E-state index is -0.103. The number of hydrogen-bond acceptors (Lipinski definition) is 2.